The van der Waals surface area contributed by atoms with Crippen molar-refractivity contribution in [3.63, 3.8) is 0 Å². The standard InChI is InChI=1S/C23H29N5O3S/c1-4-14(5-2)22-26-27-23(32-22)25-21(30)16-10-20(29)28(13-16)9-8-15-12-24-19-7-6-17(31-3)11-18(15)19/h6-7,11-12,14,16,24H,4-5,8-10,13H2,1-3H3,(H,25,27,30)/t16-/m0/s1. The topological polar surface area (TPSA) is 100 Å². The number of hydrogen-bond donors (Lipinski definition) is 2. The molecule has 0 bridgehead atoms. The minimum absolute atomic E-state index is 0.0116. The Morgan fingerprint density at radius 3 is 2.91 bits per heavy atom. The van der Waals surface area contributed by atoms with E-state index in [1.807, 2.05) is 24.4 Å². The van der Waals surface area contributed by atoms with Gasteiger partial charge >= 0.3 is 0 Å². The van der Waals surface area contributed by atoms with E-state index in [1.54, 1.807) is 12.0 Å². The molecule has 0 saturated carbocycles. The highest BCUT2D eigenvalue weighted by molar-refractivity contribution is 7.15. The van der Waals surface area contributed by atoms with Crippen LogP contribution in [0.2, 0.25) is 0 Å². The molecular formula is C23H29N5O3S. The van der Waals surface area contributed by atoms with Crippen LogP contribution < -0.4 is 10.1 Å². The molecule has 3 aromatic rings. The second-order valence-corrected chi connectivity index (χ2v) is 9.17. The number of aromatic amines is 1. The summed E-state index contributed by atoms with van der Waals surface area (Å²) >= 11 is 1.43. The Balaban J connectivity index is 1.34. The Kier molecular flexibility index (Phi) is 6.74. The number of methoxy groups -OCH3 is 1. The summed E-state index contributed by atoms with van der Waals surface area (Å²) in [5.74, 6) is 0.649. The summed E-state index contributed by atoms with van der Waals surface area (Å²) in [6, 6.07) is 5.91. The number of H-pyrrole nitrogens is 1. The number of aromatic nitrogens is 3. The van der Waals surface area contributed by atoms with Crippen LogP contribution in [0.1, 0.15) is 49.6 Å². The van der Waals surface area contributed by atoms with Crippen LogP contribution in [0.5, 0.6) is 5.75 Å². The van der Waals surface area contributed by atoms with E-state index in [4.69, 9.17) is 4.74 Å². The molecular weight excluding hydrogens is 426 g/mol. The van der Waals surface area contributed by atoms with Crippen molar-refractivity contribution in [2.75, 3.05) is 25.5 Å². The number of ether oxygens (including phenoxy) is 1. The minimum atomic E-state index is -0.369. The van der Waals surface area contributed by atoms with Crippen LogP contribution in [0.3, 0.4) is 0 Å². The van der Waals surface area contributed by atoms with Crippen molar-refractivity contribution in [1.29, 1.82) is 0 Å². The zero-order chi connectivity index (χ0) is 22.7. The molecule has 2 aromatic heterocycles. The number of amides is 2. The van der Waals surface area contributed by atoms with Gasteiger partial charge in [-0.1, -0.05) is 25.2 Å². The van der Waals surface area contributed by atoms with Gasteiger partial charge in [0.05, 0.1) is 13.0 Å². The molecule has 0 radical (unpaired) electrons. The van der Waals surface area contributed by atoms with Crippen LogP contribution in [-0.2, 0) is 16.0 Å². The first-order chi connectivity index (χ1) is 15.5. The summed E-state index contributed by atoms with van der Waals surface area (Å²) in [5.41, 5.74) is 2.16. The van der Waals surface area contributed by atoms with E-state index in [0.29, 0.717) is 30.6 Å². The molecule has 3 heterocycles. The van der Waals surface area contributed by atoms with Gasteiger partial charge in [0, 0.05) is 42.5 Å². The molecule has 0 unspecified atom stereocenters. The summed E-state index contributed by atoms with van der Waals surface area (Å²) < 4.78 is 5.33. The molecule has 1 aliphatic rings. The van der Waals surface area contributed by atoms with Gasteiger partial charge in [-0.15, -0.1) is 10.2 Å². The number of likely N-dealkylation sites (tertiary alicyclic amines) is 1. The van der Waals surface area contributed by atoms with Gasteiger partial charge < -0.3 is 19.9 Å². The van der Waals surface area contributed by atoms with Crippen LogP contribution in [0, 0.1) is 5.92 Å². The third kappa shape index (κ3) is 4.62. The molecule has 2 amide bonds. The number of nitrogens with zero attached hydrogens (tertiary/aromatic N) is 3. The van der Waals surface area contributed by atoms with Gasteiger partial charge in [0.2, 0.25) is 16.9 Å². The average Bonchev–Trinajstić information content (AvgIpc) is 3.52. The molecule has 1 atom stereocenters. The van der Waals surface area contributed by atoms with E-state index in [1.165, 1.54) is 11.3 Å². The SMILES string of the molecule is CCC(CC)c1nnc(NC(=O)[C@H]2CC(=O)N(CCc3c[nH]c4ccc(OC)cc34)C2)s1. The van der Waals surface area contributed by atoms with Gasteiger partial charge in [0.25, 0.3) is 0 Å². The highest BCUT2D eigenvalue weighted by Crippen LogP contribution is 2.29. The molecule has 170 valence electrons. The highest BCUT2D eigenvalue weighted by Gasteiger charge is 2.34. The lowest BCUT2D eigenvalue weighted by atomic mass is 10.1. The molecule has 1 saturated heterocycles. The Morgan fingerprint density at radius 2 is 2.16 bits per heavy atom. The fourth-order valence-electron chi connectivity index (χ4n) is 4.21. The van der Waals surface area contributed by atoms with Crippen molar-refractivity contribution in [1.82, 2.24) is 20.1 Å². The first kappa shape index (κ1) is 22.3. The van der Waals surface area contributed by atoms with Crippen molar-refractivity contribution < 1.29 is 14.3 Å². The predicted octanol–water partition coefficient (Wildman–Crippen LogP) is 3.96. The molecule has 1 aromatic carbocycles. The second kappa shape index (κ2) is 9.68. The summed E-state index contributed by atoms with van der Waals surface area (Å²) in [4.78, 5) is 30.3. The molecule has 9 heteroatoms. The summed E-state index contributed by atoms with van der Waals surface area (Å²) in [5, 5.41) is 13.8. The summed E-state index contributed by atoms with van der Waals surface area (Å²) in [6.45, 7) is 5.25. The Hall–Kier alpha value is -2.94. The molecule has 1 fully saturated rings. The Bertz CT molecular complexity index is 1100. The van der Waals surface area contributed by atoms with Gasteiger partial charge in [-0.05, 0) is 43.0 Å². The molecule has 4 rings (SSSR count). The number of carbonyl (C=O) groups excluding carboxylic acids is 2. The van der Waals surface area contributed by atoms with E-state index in [-0.39, 0.29) is 24.2 Å². The van der Waals surface area contributed by atoms with Gasteiger partial charge in [0.15, 0.2) is 0 Å². The van der Waals surface area contributed by atoms with Gasteiger partial charge in [-0.3, -0.25) is 9.59 Å². The zero-order valence-electron chi connectivity index (χ0n) is 18.7. The maximum atomic E-state index is 12.7. The lowest BCUT2D eigenvalue weighted by Gasteiger charge is -2.16. The van der Waals surface area contributed by atoms with E-state index in [9.17, 15) is 9.59 Å². The van der Waals surface area contributed by atoms with Crippen molar-refractivity contribution >= 4 is 39.2 Å². The van der Waals surface area contributed by atoms with Crippen LogP contribution in [-0.4, -0.2) is 52.1 Å². The van der Waals surface area contributed by atoms with Gasteiger partial charge in [-0.2, -0.15) is 0 Å². The molecule has 2 N–H and O–H groups in total. The van der Waals surface area contributed by atoms with E-state index in [2.05, 4.69) is 34.3 Å². The van der Waals surface area contributed by atoms with E-state index in [0.717, 1.165) is 40.1 Å². The van der Waals surface area contributed by atoms with Crippen molar-refractivity contribution in [2.24, 2.45) is 5.92 Å². The maximum absolute atomic E-state index is 12.7. The smallest absolute Gasteiger partial charge is 0.231 e. The molecule has 32 heavy (non-hydrogen) atoms. The Labute approximate surface area is 191 Å². The monoisotopic (exact) mass is 455 g/mol. The first-order valence-corrected chi connectivity index (χ1v) is 11.9. The van der Waals surface area contributed by atoms with E-state index < -0.39 is 0 Å². The van der Waals surface area contributed by atoms with Gasteiger partial charge in [-0.25, -0.2) is 0 Å². The number of carbonyl (C=O) groups is 2. The number of anilines is 1. The molecule has 0 aliphatic carbocycles. The van der Waals surface area contributed by atoms with Gasteiger partial charge in [0.1, 0.15) is 10.8 Å². The third-order valence-corrected chi connectivity index (χ3v) is 7.22. The lowest BCUT2D eigenvalue weighted by Crippen LogP contribution is -2.30. The Morgan fingerprint density at radius 1 is 1.34 bits per heavy atom. The first-order valence-electron chi connectivity index (χ1n) is 11.1. The highest BCUT2D eigenvalue weighted by atomic mass is 32.1. The normalized spacial score (nSPS) is 16.3. The van der Waals surface area contributed by atoms with Crippen LogP contribution in [0.15, 0.2) is 24.4 Å². The fraction of sp³-hybridized carbons (Fsp3) is 0.478. The predicted molar refractivity (Wildman–Crippen MR) is 125 cm³/mol. The van der Waals surface area contributed by atoms with Crippen molar-refractivity contribution in [2.45, 2.75) is 45.4 Å². The fourth-order valence-corrected chi connectivity index (χ4v) is 5.22. The molecule has 0 spiro atoms. The number of hydrogen-bond acceptors (Lipinski definition) is 6. The maximum Gasteiger partial charge on any atom is 0.231 e. The molecule has 1 aliphatic heterocycles. The number of rotatable bonds is 9. The summed E-state index contributed by atoms with van der Waals surface area (Å²) in [7, 11) is 1.65. The second-order valence-electron chi connectivity index (χ2n) is 8.16. The van der Waals surface area contributed by atoms with E-state index >= 15 is 0 Å². The number of fused-ring (bicyclic) bond motifs is 1. The molecule has 8 nitrogen and oxygen atoms in total. The minimum Gasteiger partial charge on any atom is -0.497 e. The van der Waals surface area contributed by atoms with Crippen LogP contribution >= 0.6 is 11.3 Å². The third-order valence-electron chi connectivity index (χ3n) is 6.22. The summed E-state index contributed by atoms with van der Waals surface area (Å²) in [6.07, 6.45) is 4.90. The van der Waals surface area contributed by atoms with Crippen LogP contribution in [0.25, 0.3) is 10.9 Å². The quantitative estimate of drug-likeness (QED) is 0.509. The zero-order valence-corrected chi connectivity index (χ0v) is 19.5. The van der Waals surface area contributed by atoms with Crippen LogP contribution in [0.4, 0.5) is 5.13 Å². The number of nitrogens with one attached hydrogen (secondary N) is 2. The average molecular weight is 456 g/mol. The van der Waals surface area contributed by atoms with Crippen molar-refractivity contribution in [3.05, 3.63) is 35.0 Å². The largest absolute Gasteiger partial charge is 0.497 e. The number of benzene rings is 1. The van der Waals surface area contributed by atoms with Crippen molar-refractivity contribution in [3.8, 4) is 5.75 Å². The lowest BCUT2D eigenvalue weighted by molar-refractivity contribution is -0.128.